The van der Waals surface area contributed by atoms with E-state index in [1.165, 1.54) is 25.7 Å². The molecule has 4 heteroatoms. The molecule has 4 nitrogen and oxygen atoms in total. The van der Waals surface area contributed by atoms with E-state index in [-0.39, 0.29) is 29.8 Å². The number of nitrogens with zero attached hydrogens (tertiary/aromatic N) is 1. The van der Waals surface area contributed by atoms with Gasteiger partial charge in [-0.3, -0.25) is 9.59 Å². The Morgan fingerprint density at radius 3 is 2.39 bits per heavy atom. The van der Waals surface area contributed by atoms with Crippen molar-refractivity contribution < 1.29 is 9.59 Å². The second-order valence-corrected chi connectivity index (χ2v) is 6.74. The molecule has 0 aromatic carbocycles. The maximum Gasteiger partial charge on any atom is 0.246 e. The van der Waals surface area contributed by atoms with Gasteiger partial charge in [-0.25, -0.2) is 0 Å². The monoisotopic (exact) mass is 252 g/mol. The lowest BCUT2D eigenvalue weighted by atomic mass is 9.84. The lowest BCUT2D eigenvalue weighted by Crippen LogP contribution is -2.62. The summed E-state index contributed by atoms with van der Waals surface area (Å²) in [7, 11) is 0. The second-order valence-electron chi connectivity index (χ2n) is 6.74. The predicted octanol–water partition coefficient (Wildman–Crippen LogP) is 1.55. The van der Waals surface area contributed by atoms with Crippen molar-refractivity contribution in [2.75, 3.05) is 13.1 Å². The summed E-state index contributed by atoms with van der Waals surface area (Å²) >= 11 is 0. The van der Waals surface area contributed by atoms with E-state index in [1.807, 2.05) is 20.8 Å². The Morgan fingerprint density at radius 2 is 1.83 bits per heavy atom. The average molecular weight is 252 g/mol. The molecule has 1 saturated carbocycles. The third kappa shape index (κ3) is 2.85. The fourth-order valence-corrected chi connectivity index (χ4v) is 2.95. The number of piperazine rings is 1. The van der Waals surface area contributed by atoms with Gasteiger partial charge >= 0.3 is 0 Å². The standard InChI is InChI=1S/C14H24N2O2/c1-14(2,3)12-13(18)16(9-11(17)15-12)8-10-6-4-5-7-10/h10,12H,4-9H2,1-3H3,(H,15,17). The molecule has 0 bridgehead atoms. The predicted molar refractivity (Wildman–Crippen MR) is 69.9 cm³/mol. The van der Waals surface area contributed by atoms with Crippen LogP contribution in [0.25, 0.3) is 0 Å². The molecule has 1 aliphatic carbocycles. The molecule has 0 aromatic heterocycles. The van der Waals surface area contributed by atoms with E-state index in [4.69, 9.17) is 0 Å². The van der Waals surface area contributed by atoms with E-state index in [1.54, 1.807) is 4.90 Å². The highest BCUT2D eigenvalue weighted by atomic mass is 16.2. The molecule has 1 N–H and O–H groups in total. The summed E-state index contributed by atoms with van der Waals surface area (Å²) in [6.45, 7) is 6.99. The lowest BCUT2D eigenvalue weighted by molar-refractivity contribution is -0.147. The van der Waals surface area contributed by atoms with E-state index in [9.17, 15) is 9.59 Å². The van der Waals surface area contributed by atoms with E-state index in [0.717, 1.165) is 6.54 Å². The largest absolute Gasteiger partial charge is 0.342 e. The molecule has 2 amide bonds. The third-order valence-corrected chi connectivity index (χ3v) is 4.02. The highest BCUT2D eigenvalue weighted by molar-refractivity contribution is 5.95. The van der Waals surface area contributed by atoms with Crippen molar-refractivity contribution in [1.82, 2.24) is 10.2 Å². The van der Waals surface area contributed by atoms with Crippen molar-refractivity contribution in [1.29, 1.82) is 0 Å². The molecule has 0 radical (unpaired) electrons. The number of amides is 2. The van der Waals surface area contributed by atoms with Crippen LogP contribution in [0.1, 0.15) is 46.5 Å². The molecule has 1 saturated heterocycles. The van der Waals surface area contributed by atoms with Crippen LogP contribution < -0.4 is 5.32 Å². The molecule has 1 atom stereocenters. The zero-order valence-corrected chi connectivity index (χ0v) is 11.7. The van der Waals surface area contributed by atoms with Gasteiger partial charge in [0.1, 0.15) is 6.04 Å². The maximum absolute atomic E-state index is 12.4. The topological polar surface area (TPSA) is 49.4 Å². The second kappa shape index (κ2) is 4.90. The Hall–Kier alpha value is -1.06. The van der Waals surface area contributed by atoms with Crippen molar-refractivity contribution in [2.45, 2.75) is 52.5 Å². The third-order valence-electron chi connectivity index (χ3n) is 4.02. The minimum Gasteiger partial charge on any atom is -0.342 e. The fraction of sp³-hybridized carbons (Fsp3) is 0.857. The van der Waals surface area contributed by atoms with Gasteiger partial charge in [-0.1, -0.05) is 33.6 Å². The highest BCUT2D eigenvalue weighted by Gasteiger charge is 2.40. The summed E-state index contributed by atoms with van der Waals surface area (Å²) in [5.74, 6) is 0.669. The summed E-state index contributed by atoms with van der Waals surface area (Å²) in [4.78, 5) is 25.9. The van der Waals surface area contributed by atoms with Gasteiger partial charge in [-0.05, 0) is 24.2 Å². The first kappa shape index (κ1) is 13.4. The first-order valence-electron chi connectivity index (χ1n) is 6.96. The number of hydrogen-bond donors (Lipinski definition) is 1. The van der Waals surface area contributed by atoms with Crippen LogP contribution in [-0.4, -0.2) is 35.8 Å². The van der Waals surface area contributed by atoms with Gasteiger partial charge in [0.2, 0.25) is 11.8 Å². The first-order valence-corrected chi connectivity index (χ1v) is 6.96. The molecule has 2 fully saturated rings. The van der Waals surface area contributed by atoms with Crippen LogP contribution in [0.2, 0.25) is 0 Å². The van der Waals surface area contributed by atoms with Crippen molar-refractivity contribution >= 4 is 11.8 Å². The summed E-state index contributed by atoms with van der Waals surface area (Å²) in [6.07, 6.45) is 4.93. The number of carbonyl (C=O) groups excluding carboxylic acids is 2. The number of carbonyl (C=O) groups is 2. The normalized spacial score (nSPS) is 26.6. The molecule has 102 valence electrons. The number of nitrogens with one attached hydrogen (secondary N) is 1. The SMILES string of the molecule is CC(C)(C)C1NC(=O)CN(CC2CCCC2)C1=O. The van der Waals surface area contributed by atoms with E-state index in [2.05, 4.69) is 5.32 Å². The van der Waals surface area contributed by atoms with Gasteiger partial charge < -0.3 is 10.2 Å². The zero-order valence-electron chi connectivity index (χ0n) is 11.7. The van der Waals surface area contributed by atoms with Gasteiger partial charge in [0.25, 0.3) is 0 Å². The van der Waals surface area contributed by atoms with Crippen LogP contribution in [0.4, 0.5) is 0 Å². The molecule has 0 aromatic rings. The highest BCUT2D eigenvalue weighted by Crippen LogP contribution is 2.28. The molecule has 18 heavy (non-hydrogen) atoms. The minimum absolute atomic E-state index is 0.0208. The van der Waals surface area contributed by atoms with E-state index in [0.29, 0.717) is 5.92 Å². The average Bonchev–Trinajstić information content (AvgIpc) is 2.74. The summed E-state index contributed by atoms with van der Waals surface area (Å²) in [6, 6.07) is -0.375. The van der Waals surface area contributed by atoms with Gasteiger partial charge in [0.15, 0.2) is 0 Å². The molecule has 1 aliphatic heterocycles. The van der Waals surface area contributed by atoms with Gasteiger partial charge in [0.05, 0.1) is 6.54 Å². The molecule has 1 heterocycles. The Kier molecular flexibility index (Phi) is 3.64. The summed E-state index contributed by atoms with van der Waals surface area (Å²) < 4.78 is 0. The zero-order chi connectivity index (χ0) is 13.3. The maximum atomic E-state index is 12.4. The Balaban J connectivity index is 2.05. The Labute approximate surface area is 109 Å². The van der Waals surface area contributed by atoms with Crippen LogP contribution in [0, 0.1) is 11.3 Å². The van der Waals surface area contributed by atoms with Gasteiger partial charge in [-0.15, -0.1) is 0 Å². The van der Waals surface area contributed by atoms with Crippen molar-refractivity contribution in [2.24, 2.45) is 11.3 Å². The van der Waals surface area contributed by atoms with Crippen LogP contribution >= 0.6 is 0 Å². The fourth-order valence-electron chi connectivity index (χ4n) is 2.95. The molecular weight excluding hydrogens is 228 g/mol. The molecule has 2 rings (SSSR count). The summed E-state index contributed by atoms with van der Waals surface area (Å²) in [5, 5.41) is 2.83. The van der Waals surface area contributed by atoms with Gasteiger partial charge in [-0.2, -0.15) is 0 Å². The molecule has 1 unspecified atom stereocenters. The quantitative estimate of drug-likeness (QED) is 0.810. The van der Waals surface area contributed by atoms with Crippen LogP contribution in [-0.2, 0) is 9.59 Å². The number of rotatable bonds is 2. The minimum atomic E-state index is -0.375. The Morgan fingerprint density at radius 1 is 1.22 bits per heavy atom. The smallest absolute Gasteiger partial charge is 0.246 e. The van der Waals surface area contributed by atoms with Crippen LogP contribution in [0.3, 0.4) is 0 Å². The number of hydrogen-bond acceptors (Lipinski definition) is 2. The van der Waals surface area contributed by atoms with Crippen molar-refractivity contribution in [3.63, 3.8) is 0 Å². The molecule has 0 spiro atoms. The van der Waals surface area contributed by atoms with E-state index < -0.39 is 0 Å². The van der Waals surface area contributed by atoms with Crippen LogP contribution in [0.5, 0.6) is 0 Å². The van der Waals surface area contributed by atoms with Crippen molar-refractivity contribution in [3.05, 3.63) is 0 Å². The van der Waals surface area contributed by atoms with Crippen LogP contribution in [0.15, 0.2) is 0 Å². The Bertz CT molecular complexity index is 340. The van der Waals surface area contributed by atoms with Crippen molar-refractivity contribution in [3.8, 4) is 0 Å². The molecule has 2 aliphatic rings. The lowest BCUT2D eigenvalue weighted by Gasteiger charge is -2.39. The summed E-state index contributed by atoms with van der Waals surface area (Å²) in [5.41, 5.74) is -0.221. The molecular formula is C14H24N2O2. The van der Waals surface area contributed by atoms with Gasteiger partial charge in [0, 0.05) is 6.54 Å². The van der Waals surface area contributed by atoms with E-state index >= 15 is 0 Å². The first-order chi connectivity index (χ1) is 8.38.